The third-order valence-electron chi connectivity index (χ3n) is 9.97. The average Bonchev–Trinajstić information content (AvgIpc) is 3.74. The van der Waals surface area contributed by atoms with E-state index in [0.29, 0.717) is 18.4 Å². The largest absolute Gasteiger partial charge is 0.598 e. The molecule has 1 unspecified atom stereocenters. The van der Waals surface area contributed by atoms with Crippen molar-refractivity contribution >= 4 is 53.7 Å². The quantitative estimate of drug-likeness (QED) is 0.0958. The SMILES string of the molecule is CC(C)(C)[S+]([O-])N[C@@H]1c2ccccc2CC12CCN(c1nc3c(c(-c4ccncc4Cl)cn3COCC[Si](C)(C)C)c3nccn13)CC2. The molecule has 1 aliphatic carbocycles. The first-order valence-electron chi connectivity index (χ1n) is 16.9. The molecule has 1 spiro atoms. The van der Waals surface area contributed by atoms with Crippen molar-refractivity contribution in [2.75, 3.05) is 24.6 Å². The molecule has 1 aromatic carbocycles. The molecule has 5 heterocycles. The zero-order chi connectivity index (χ0) is 33.8. The fourth-order valence-corrected chi connectivity index (χ4v) is 9.15. The molecular weight excluding hydrogens is 658 g/mol. The van der Waals surface area contributed by atoms with Crippen LogP contribution < -0.4 is 9.62 Å². The van der Waals surface area contributed by atoms with Crippen LogP contribution >= 0.6 is 11.6 Å². The second-order valence-corrected chi connectivity index (χ2v) is 23.6. The fraction of sp³-hybridized carbons (Fsp3) is 0.472. The Hall–Kier alpha value is -2.93. The van der Waals surface area contributed by atoms with Crippen LogP contribution in [0, 0.1) is 5.41 Å². The standard InChI is InChI=1S/C36H46ClN7O2SSi/c1-35(2,3)47(45)41-31-26-10-8-7-9-25(26)21-36(31)12-16-42(17-13-36)34-40-33-30(32-39-15-18-44(32)34)28(27-11-14-38-22-29(27)37)23-43(33)24-46-19-20-48(4,5)6/h7-11,14-15,18,22-23,31,41H,12-13,16-17,19-21,24H2,1-6H3/t31-,47?/m1/s1. The van der Waals surface area contributed by atoms with E-state index in [-0.39, 0.29) is 16.2 Å². The van der Waals surface area contributed by atoms with E-state index >= 15 is 0 Å². The number of anilines is 1. The van der Waals surface area contributed by atoms with E-state index < -0.39 is 19.4 Å². The summed E-state index contributed by atoms with van der Waals surface area (Å²) in [6.07, 6.45) is 12.3. The van der Waals surface area contributed by atoms with Crippen LogP contribution in [0.1, 0.15) is 50.8 Å². The lowest BCUT2D eigenvalue weighted by Crippen LogP contribution is -2.50. The van der Waals surface area contributed by atoms with Crippen molar-refractivity contribution in [3.05, 3.63) is 77.5 Å². The Labute approximate surface area is 292 Å². The maximum absolute atomic E-state index is 13.4. The van der Waals surface area contributed by atoms with Gasteiger partial charge in [-0.1, -0.05) is 55.5 Å². The first-order valence-corrected chi connectivity index (χ1v) is 22.1. The van der Waals surface area contributed by atoms with E-state index in [1.54, 1.807) is 12.4 Å². The minimum absolute atomic E-state index is 0.0189. The predicted octanol–water partition coefficient (Wildman–Crippen LogP) is 7.65. The van der Waals surface area contributed by atoms with Crippen LogP contribution in [0.3, 0.4) is 0 Å². The van der Waals surface area contributed by atoms with Crippen LogP contribution in [0.5, 0.6) is 0 Å². The third kappa shape index (κ3) is 6.29. The highest BCUT2D eigenvalue weighted by atomic mass is 35.5. The molecule has 5 aromatic rings. The molecule has 0 bridgehead atoms. The second-order valence-electron chi connectivity index (χ2n) is 15.6. The van der Waals surface area contributed by atoms with Gasteiger partial charge in [-0.3, -0.25) is 9.38 Å². The number of nitrogens with zero attached hydrogens (tertiary/aromatic N) is 6. The Balaban J connectivity index is 1.24. The van der Waals surface area contributed by atoms with E-state index in [9.17, 15) is 4.55 Å². The molecule has 1 saturated heterocycles. The number of halogens is 1. The second kappa shape index (κ2) is 12.7. The highest BCUT2D eigenvalue weighted by Gasteiger charge is 2.50. The zero-order valence-electron chi connectivity index (χ0n) is 28.8. The van der Waals surface area contributed by atoms with E-state index in [1.165, 1.54) is 11.1 Å². The van der Waals surface area contributed by atoms with Crippen molar-refractivity contribution in [2.24, 2.45) is 5.41 Å². The first kappa shape index (κ1) is 33.6. The number of hydrogen-bond donors (Lipinski definition) is 1. The van der Waals surface area contributed by atoms with Gasteiger partial charge in [0.05, 0.1) is 16.5 Å². The van der Waals surface area contributed by atoms with E-state index in [2.05, 4.69) is 73.7 Å². The van der Waals surface area contributed by atoms with Crippen molar-refractivity contribution < 1.29 is 9.29 Å². The summed E-state index contributed by atoms with van der Waals surface area (Å²) in [6, 6.07) is 11.8. The molecule has 2 atom stereocenters. The highest BCUT2D eigenvalue weighted by Crippen LogP contribution is 2.53. The van der Waals surface area contributed by atoms with E-state index in [0.717, 1.165) is 72.2 Å². The van der Waals surface area contributed by atoms with Gasteiger partial charge < -0.3 is 18.8 Å². The van der Waals surface area contributed by atoms with Crippen molar-refractivity contribution in [1.82, 2.24) is 28.6 Å². The number of rotatable bonds is 9. The molecule has 0 saturated carbocycles. The molecule has 0 amide bonds. The molecule has 1 fully saturated rings. The lowest BCUT2D eigenvalue weighted by molar-refractivity contribution is 0.0899. The number of fused-ring (bicyclic) bond motifs is 4. The van der Waals surface area contributed by atoms with Gasteiger partial charge >= 0.3 is 0 Å². The smallest absolute Gasteiger partial charge is 0.213 e. The Bertz CT molecular complexity index is 1940. The zero-order valence-corrected chi connectivity index (χ0v) is 31.4. The lowest BCUT2D eigenvalue weighted by Gasteiger charge is -2.44. The number of imidazole rings is 1. The number of benzene rings is 1. The maximum Gasteiger partial charge on any atom is 0.213 e. The number of ether oxygens (including phenoxy) is 1. The van der Waals surface area contributed by atoms with Gasteiger partial charge in [0.1, 0.15) is 17.1 Å². The monoisotopic (exact) mass is 703 g/mol. The van der Waals surface area contributed by atoms with Gasteiger partial charge in [0, 0.05) is 86.7 Å². The summed E-state index contributed by atoms with van der Waals surface area (Å²) in [5.41, 5.74) is 6.15. The Morgan fingerprint density at radius 2 is 1.85 bits per heavy atom. The van der Waals surface area contributed by atoms with Gasteiger partial charge in [-0.05, 0) is 63.3 Å². The summed E-state index contributed by atoms with van der Waals surface area (Å²) in [4.78, 5) is 16.9. The van der Waals surface area contributed by atoms with Crippen molar-refractivity contribution in [3.8, 4) is 11.1 Å². The molecular formula is C36H46ClN7O2SSi. The normalized spacial score (nSPS) is 18.7. The molecule has 12 heteroatoms. The fourth-order valence-electron chi connectivity index (χ4n) is 7.22. The van der Waals surface area contributed by atoms with Gasteiger partial charge in [-0.2, -0.15) is 4.98 Å². The summed E-state index contributed by atoms with van der Waals surface area (Å²) in [6.45, 7) is 16.0. The van der Waals surface area contributed by atoms with E-state index in [1.807, 2.05) is 39.2 Å². The minimum Gasteiger partial charge on any atom is -0.598 e. The topological polar surface area (TPSA) is 95.6 Å². The highest BCUT2D eigenvalue weighted by molar-refractivity contribution is 7.90. The molecule has 4 aromatic heterocycles. The molecule has 9 nitrogen and oxygen atoms in total. The number of nitrogens with one attached hydrogen (secondary N) is 1. The van der Waals surface area contributed by atoms with Gasteiger partial charge in [-0.25, -0.2) is 4.98 Å². The molecule has 254 valence electrons. The summed E-state index contributed by atoms with van der Waals surface area (Å²) >= 11 is 5.53. The summed E-state index contributed by atoms with van der Waals surface area (Å²) in [7, 11) is -1.24. The van der Waals surface area contributed by atoms with Crippen LogP contribution in [0.25, 0.3) is 27.8 Å². The van der Waals surface area contributed by atoms with Gasteiger partial charge in [0.15, 0.2) is 5.65 Å². The summed E-state index contributed by atoms with van der Waals surface area (Å²) in [5, 5.41) is 1.53. The lowest BCUT2D eigenvalue weighted by atomic mass is 9.73. The number of aromatic nitrogens is 5. The van der Waals surface area contributed by atoms with E-state index in [4.69, 9.17) is 26.3 Å². The Morgan fingerprint density at radius 3 is 2.58 bits per heavy atom. The average molecular weight is 704 g/mol. The molecule has 7 rings (SSSR count). The number of piperidine rings is 1. The van der Waals surface area contributed by atoms with Gasteiger partial charge in [0.2, 0.25) is 5.95 Å². The van der Waals surface area contributed by atoms with Crippen LogP contribution in [0.15, 0.2) is 61.3 Å². The predicted molar refractivity (Wildman–Crippen MR) is 199 cm³/mol. The summed E-state index contributed by atoms with van der Waals surface area (Å²) in [5.74, 6) is 0.872. The van der Waals surface area contributed by atoms with Gasteiger partial charge in [-0.15, -0.1) is 4.72 Å². The summed E-state index contributed by atoms with van der Waals surface area (Å²) < 4.78 is 27.2. The maximum atomic E-state index is 13.4. The minimum atomic E-state index is -1.24. The van der Waals surface area contributed by atoms with Crippen molar-refractivity contribution in [3.63, 3.8) is 0 Å². The van der Waals surface area contributed by atoms with Crippen LogP contribution in [-0.4, -0.2) is 61.0 Å². The number of hydrogen-bond acceptors (Lipinski definition) is 7. The third-order valence-corrected chi connectivity index (χ3v) is 13.5. The molecule has 1 aliphatic heterocycles. The van der Waals surface area contributed by atoms with Crippen LogP contribution in [0.2, 0.25) is 30.7 Å². The molecule has 0 radical (unpaired) electrons. The van der Waals surface area contributed by atoms with Crippen LogP contribution in [-0.2, 0) is 29.3 Å². The number of pyridine rings is 1. The first-order chi connectivity index (χ1) is 22.8. The van der Waals surface area contributed by atoms with Crippen molar-refractivity contribution in [2.45, 2.75) is 83.2 Å². The Kier molecular flexibility index (Phi) is 8.91. The van der Waals surface area contributed by atoms with Crippen LogP contribution in [0.4, 0.5) is 5.95 Å². The molecule has 2 aliphatic rings. The van der Waals surface area contributed by atoms with Gasteiger partial charge in [0.25, 0.3) is 0 Å². The molecule has 1 N–H and O–H groups in total. The Morgan fingerprint density at radius 1 is 1.08 bits per heavy atom. The van der Waals surface area contributed by atoms with Crippen molar-refractivity contribution in [1.29, 1.82) is 0 Å². The molecule has 48 heavy (non-hydrogen) atoms.